The molecular formula is C19H22BrNO4. The topological polar surface area (TPSA) is 57.5 Å². The van der Waals surface area contributed by atoms with Crippen molar-refractivity contribution in [3.63, 3.8) is 0 Å². The molecule has 0 unspecified atom stereocenters. The summed E-state index contributed by atoms with van der Waals surface area (Å²) in [5, 5.41) is 1.08. The van der Waals surface area contributed by atoms with E-state index in [0.29, 0.717) is 11.5 Å². The molecule has 1 aliphatic rings. The molecule has 6 heteroatoms. The zero-order valence-corrected chi connectivity index (χ0v) is 16.1. The van der Waals surface area contributed by atoms with Crippen molar-refractivity contribution in [2.75, 3.05) is 14.2 Å². The quantitative estimate of drug-likeness (QED) is 0.704. The zero-order valence-electron chi connectivity index (χ0n) is 14.5. The fourth-order valence-corrected chi connectivity index (χ4v) is 4.57. The lowest BCUT2D eigenvalue weighted by atomic mass is 9.84. The number of aromatic nitrogens is 1. The van der Waals surface area contributed by atoms with Crippen LogP contribution in [0.1, 0.15) is 53.9 Å². The van der Waals surface area contributed by atoms with Crippen molar-refractivity contribution >= 4 is 38.8 Å². The summed E-state index contributed by atoms with van der Waals surface area (Å²) in [7, 11) is 2.74. The van der Waals surface area contributed by atoms with Gasteiger partial charge in [0.05, 0.1) is 29.9 Å². The Balaban J connectivity index is 2.16. The van der Waals surface area contributed by atoms with Crippen LogP contribution >= 0.6 is 15.9 Å². The zero-order chi connectivity index (χ0) is 18.0. The smallest absolute Gasteiger partial charge is 0.337 e. The lowest BCUT2D eigenvalue weighted by molar-refractivity contribution is -0.141. The third kappa shape index (κ3) is 3.45. The van der Waals surface area contributed by atoms with E-state index < -0.39 is 0 Å². The van der Waals surface area contributed by atoms with Gasteiger partial charge in [0, 0.05) is 5.39 Å². The van der Waals surface area contributed by atoms with Gasteiger partial charge in [0.1, 0.15) is 6.54 Å². The fraction of sp³-hybridized carbons (Fsp3) is 0.474. The summed E-state index contributed by atoms with van der Waals surface area (Å²) >= 11 is 3.71. The minimum Gasteiger partial charge on any atom is -0.468 e. The maximum atomic E-state index is 11.9. The maximum Gasteiger partial charge on any atom is 0.337 e. The number of fused-ring (bicyclic) bond motifs is 1. The monoisotopic (exact) mass is 407 g/mol. The molecule has 5 nitrogen and oxygen atoms in total. The molecule has 0 bridgehead atoms. The van der Waals surface area contributed by atoms with Gasteiger partial charge in [-0.15, -0.1) is 0 Å². The van der Waals surface area contributed by atoms with Crippen LogP contribution in [0.15, 0.2) is 22.8 Å². The van der Waals surface area contributed by atoms with E-state index in [1.165, 1.54) is 39.0 Å². The Morgan fingerprint density at radius 2 is 1.88 bits per heavy atom. The molecule has 0 atom stereocenters. The van der Waals surface area contributed by atoms with Crippen LogP contribution in [0.25, 0.3) is 10.9 Å². The van der Waals surface area contributed by atoms with Crippen molar-refractivity contribution in [2.45, 2.75) is 44.6 Å². The Kier molecular flexibility index (Phi) is 5.47. The number of ether oxygens (including phenoxy) is 2. The van der Waals surface area contributed by atoms with Crippen molar-refractivity contribution in [1.29, 1.82) is 0 Å². The first-order valence-corrected chi connectivity index (χ1v) is 9.33. The van der Waals surface area contributed by atoms with Crippen LogP contribution in [0.5, 0.6) is 0 Å². The first-order chi connectivity index (χ1) is 12.1. The van der Waals surface area contributed by atoms with Gasteiger partial charge < -0.3 is 14.0 Å². The van der Waals surface area contributed by atoms with Gasteiger partial charge in [-0.1, -0.05) is 25.3 Å². The Bertz CT molecular complexity index is 805. The molecule has 1 heterocycles. The number of carbonyl (C=O) groups is 2. The highest BCUT2D eigenvalue weighted by atomic mass is 79.9. The van der Waals surface area contributed by atoms with Crippen LogP contribution in [0.2, 0.25) is 0 Å². The second-order valence-corrected chi connectivity index (χ2v) is 7.18. The molecule has 3 rings (SSSR count). The Morgan fingerprint density at radius 3 is 2.52 bits per heavy atom. The van der Waals surface area contributed by atoms with E-state index in [0.717, 1.165) is 28.3 Å². The molecule has 1 aromatic heterocycles. The first kappa shape index (κ1) is 18.0. The third-order valence-electron chi connectivity index (χ3n) is 4.99. The summed E-state index contributed by atoms with van der Waals surface area (Å²) in [4.78, 5) is 23.8. The van der Waals surface area contributed by atoms with Crippen LogP contribution in [-0.2, 0) is 20.8 Å². The number of benzene rings is 1. The standard InChI is InChI=1S/C19H22BrNO4/c1-24-16(22)11-21-15-10-13(19(23)25-2)8-9-14(15)17(18(21)20)12-6-4-3-5-7-12/h8-10,12H,3-7,11H2,1-2H3. The molecule has 1 aliphatic carbocycles. The van der Waals surface area contributed by atoms with Crippen molar-refractivity contribution in [3.05, 3.63) is 33.9 Å². The summed E-state index contributed by atoms with van der Waals surface area (Å²) in [6.07, 6.45) is 6.02. The van der Waals surface area contributed by atoms with E-state index in [2.05, 4.69) is 15.9 Å². The summed E-state index contributed by atoms with van der Waals surface area (Å²) in [6.45, 7) is 0.102. The van der Waals surface area contributed by atoms with Gasteiger partial charge in [0.2, 0.25) is 0 Å². The van der Waals surface area contributed by atoms with Crippen LogP contribution in [-0.4, -0.2) is 30.7 Å². The van der Waals surface area contributed by atoms with Gasteiger partial charge in [-0.2, -0.15) is 0 Å². The number of hydrogen-bond acceptors (Lipinski definition) is 4. The van der Waals surface area contributed by atoms with Crippen molar-refractivity contribution in [3.8, 4) is 0 Å². The van der Waals surface area contributed by atoms with E-state index in [9.17, 15) is 9.59 Å². The van der Waals surface area contributed by atoms with E-state index >= 15 is 0 Å². The number of nitrogens with zero attached hydrogens (tertiary/aromatic N) is 1. The number of hydrogen-bond donors (Lipinski definition) is 0. The molecule has 0 amide bonds. The minimum atomic E-state index is -0.386. The predicted molar refractivity (Wildman–Crippen MR) is 98.8 cm³/mol. The average molecular weight is 408 g/mol. The summed E-state index contributed by atoms with van der Waals surface area (Å²) in [5.41, 5.74) is 2.55. The normalized spacial score (nSPS) is 15.3. The number of rotatable bonds is 4. The van der Waals surface area contributed by atoms with Crippen LogP contribution in [0.4, 0.5) is 0 Å². The number of methoxy groups -OCH3 is 2. The van der Waals surface area contributed by atoms with E-state index in [-0.39, 0.29) is 18.5 Å². The van der Waals surface area contributed by atoms with E-state index in [1.54, 1.807) is 12.1 Å². The highest BCUT2D eigenvalue weighted by Crippen LogP contribution is 2.42. The van der Waals surface area contributed by atoms with Crippen LogP contribution in [0, 0.1) is 0 Å². The fourth-order valence-electron chi connectivity index (χ4n) is 3.72. The molecule has 25 heavy (non-hydrogen) atoms. The van der Waals surface area contributed by atoms with E-state index in [1.807, 2.05) is 10.6 Å². The van der Waals surface area contributed by atoms with Gasteiger partial charge in [-0.05, 0) is 52.4 Å². The van der Waals surface area contributed by atoms with Crippen molar-refractivity contribution < 1.29 is 19.1 Å². The van der Waals surface area contributed by atoms with Crippen molar-refractivity contribution in [1.82, 2.24) is 4.57 Å². The molecule has 0 radical (unpaired) electrons. The lowest BCUT2D eigenvalue weighted by Gasteiger charge is -2.22. The number of esters is 2. The van der Waals surface area contributed by atoms with E-state index in [4.69, 9.17) is 9.47 Å². The molecule has 1 fully saturated rings. The molecular weight excluding hydrogens is 386 g/mol. The van der Waals surface area contributed by atoms with Gasteiger partial charge in [0.15, 0.2) is 0 Å². The number of carbonyl (C=O) groups excluding carboxylic acids is 2. The van der Waals surface area contributed by atoms with Gasteiger partial charge in [-0.3, -0.25) is 4.79 Å². The second kappa shape index (κ2) is 7.60. The van der Waals surface area contributed by atoms with Crippen molar-refractivity contribution in [2.24, 2.45) is 0 Å². The average Bonchev–Trinajstić information content (AvgIpc) is 2.92. The molecule has 0 spiro atoms. The third-order valence-corrected chi connectivity index (χ3v) is 5.84. The van der Waals surface area contributed by atoms with Gasteiger partial charge in [0.25, 0.3) is 0 Å². The van der Waals surface area contributed by atoms with Gasteiger partial charge >= 0.3 is 11.9 Å². The molecule has 2 aromatic rings. The Hall–Kier alpha value is -1.82. The minimum absolute atomic E-state index is 0.102. The summed E-state index contributed by atoms with van der Waals surface area (Å²) in [5.74, 6) is -0.243. The Labute approximate surface area is 155 Å². The Morgan fingerprint density at radius 1 is 1.16 bits per heavy atom. The van der Waals surface area contributed by atoms with Gasteiger partial charge in [-0.25, -0.2) is 4.79 Å². The molecule has 1 saturated carbocycles. The predicted octanol–water partition coefficient (Wildman–Crippen LogP) is 4.41. The molecule has 1 aromatic carbocycles. The van der Waals surface area contributed by atoms with Crippen LogP contribution in [0.3, 0.4) is 0 Å². The highest BCUT2D eigenvalue weighted by molar-refractivity contribution is 9.10. The molecule has 0 N–H and O–H groups in total. The molecule has 134 valence electrons. The largest absolute Gasteiger partial charge is 0.468 e. The highest BCUT2D eigenvalue weighted by Gasteiger charge is 2.26. The molecule has 0 saturated heterocycles. The first-order valence-electron chi connectivity index (χ1n) is 8.53. The SMILES string of the molecule is COC(=O)Cn1c(Br)c(C2CCCCC2)c2ccc(C(=O)OC)cc21. The molecule has 0 aliphatic heterocycles. The maximum absolute atomic E-state index is 11.9. The number of halogens is 1. The second-order valence-electron chi connectivity index (χ2n) is 6.43. The lowest BCUT2D eigenvalue weighted by Crippen LogP contribution is -2.12. The van der Waals surface area contributed by atoms with Crippen LogP contribution < -0.4 is 0 Å². The summed E-state index contributed by atoms with van der Waals surface area (Å²) in [6, 6.07) is 5.54. The summed E-state index contributed by atoms with van der Waals surface area (Å²) < 4.78 is 12.5.